The number of nitrogens with zero attached hydrogens (tertiary/aromatic N) is 1. The molecule has 0 bridgehead atoms. The predicted molar refractivity (Wildman–Crippen MR) is 66.9 cm³/mol. The van der Waals surface area contributed by atoms with E-state index in [1.54, 1.807) is 13.8 Å². The zero-order valence-electron chi connectivity index (χ0n) is 10.9. The predicted octanol–water partition coefficient (Wildman–Crippen LogP) is 1.50. The maximum Gasteiger partial charge on any atom is 0.222 e. The van der Waals surface area contributed by atoms with Gasteiger partial charge in [-0.3, -0.25) is 4.79 Å². The minimum absolute atomic E-state index is 0.256. The van der Waals surface area contributed by atoms with Gasteiger partial charge in [-0.25, -0.2) is 0 Å². The number of hydrogen-bond acceptors (Lipinski definition) is 3. The number of aliphatic hydroxyl groups is 1. The van der Waals surface area contributed by atoms with Crippen molar-refractivity contribution < 1.29 is 18.9 Å². The molecule has 0 radical (unpaired) electrons. The first-order valence-corrected chi connectivity index (χ1v) is 7.28. The zero-order chi connectivity index (χ0) is 13.1. The molecule has 0 amide bonds. The van der Waals surface area contributed by atoms with E-state index in [1.807, 2.05) is 21.1 Å². The number of likely N-dealkylation sites (N-methyl/N-ethyl adjacent to an activating group) is 1. The summed E-state index contributed by atoms with van der Waals surface area (Å²) in [6.07, 6.45) is 0.263. The van der Waals surface area contributed by atoms with Crippen molar-refractivity contribution in [2.24, 2.45) is 0 Å². The average molecular weight is 248 g/mol. The van der Waals surface area contributed by atoms with Crippen molar-refractivity contribution in [1.82, 2.24) is 0 Å². The smallest absolute Gasteiger partial charge is 0.222 e. The molecule has 4 nitrogen and oxygen atoms in total. The number of allylic oxidation sites excluding steroid dienone is 1. The molecule has 0 saturated heterocycles. The summed E-state index contributed by atoms with van der Waals surface area (Å²) < 4.78 is 13.0. The minimum atomic E-state index is -3.10. The van der Waals surface area contributed by atoms with Gasteiger partial charge in [0.1, 0.15) is 6.61 Å². The topological polar surface area (TPSA) is 54.4 Å². The van der Waals surface area contributed by atoms with Crippen LogP contribution in [0.1, 0.15) is 13.8 Å². The Bertz CT molecular complexity index is 331. The van der Waals surface area contributed by atoms with Crippen LogP contribution in [0.4, 0.5) is 0 Å². The second-order valence-electron chi connectivity index (χ2n) is 4.98. The van der Waals surface area contributed by atoms with Gasteiger partial charge in [-0.15, -0.1) is 0 Å². The number of carbonyl (C=O) groups excluding carboxylic acids is 1. The van der Waals surface area contributed by atoms with E-state index in [0.29, 0.717) is 10.1 Å². The van der Waals surface area contributed by atoms with Crippen LogP contribution in [0.3, 0.4) is 0 Å². The number of aliphatic hydroxyl groups excluding tert-OH is 1. The highest BCUT2D eigenvalue weighted by atomic mass is 31.2. The number of carbonyl (C=O) groups is 1. The van der Waals surface area contributed by atoms with Gasteiger partial charge in [0.25, 0.3) is 0 Å². The summed E-state index contributed by atoms with van der Waals surface area (Å²) in [6.45, 7) is 6.59. The summed E-state index contributed by atoms with van der Waals surface area (Å²) in [5, 5.41) is 9.39. The van der Waals surface area contributed by atoms with Gasteiger partial charge in [0.05, 0.1) is 21.1 Å². The van der Waals surface area contributed by atoms with E-state index in [1.165, 1.54) is 0 Å². The Morgan fingerprint density at radius 2 is 1.88 bits per heavy atom. The lowest BCUT2D eigenvalue weighted by molar-refractivity contribution is -0.882. The second-order valence-corrected chi connectivity index (χ2v) is 8.20. The van der Waals surface area contributed by atoms with Crippen molar-refractivity contribution >= 4 is 12.7 Å². The molecule has 94 valence electrons. The standard InChI is InChI=1S/C11H23NO3P/c1-7-16(15,11(14)9(2)3)10(8-13)12(4,5)6/h10,13H,2,7-8H2,1,3-6H3/q+1. The third-order valence-corrected chi connectivity index (χ3v) is 6.55. The van der Waals surface area contributed by atoms with E-state index in [9.17, 15) is 14.5 Å². The first-order valence-electron chi connectivity index (χ1n) is 5.32. The van der Waals surface area contributed by atoms with Crippen LogP contribution >= 0.6 is 7.14 Å². The molecule has 0 saturated carbocycles. The Hall–Kier alpha value is -0.440. The molecule has 0 aromatic carbocycles. The van der Waals surface area contributed by atoms with Crippen molar-refractivity contribution in [3.63, 3.8) is 0 Å². The normalized spacial score (nSPS) is 17.6. The fourth-order valence-corrected chi connectivity index (χ4v) is 4.76. The molecule has 0 aromatic heterocycles. The van der Waals surface area contributed by atoms with E-state index in [0.717, 1.165) is 0 Å². The fourth-order valence-electron chi connectivity index (χ4n) is 1.75. The maximum absolute atomic E-state index is 12.7. The highest BCUT2D eigenvalue weighted by Gasteiger charge is 2.46. The minimum Gasteiger partial charge on any atom is -0.390 e. The SMILES string of the molecule is C=C(C)C(=O)P(=O)(CC)C(CO)[N+](C)(C)C. The lowest BCUT2D eigenvalue weighted by Crippen LogP contribution is -2.48. The van der Waals surface area contributed by atoms with Crippen LogP contribution in [0.15, 0.2) is 12.2 Å². The molecule has 0 rings (SSSR count). The summed E-state index contributed by atoms with van der Waals surface area (Å²) >= 11 is 0. The van der Waals surface area contributed by atoms with Gasteiger partial charge in [0.15, 0.2) is 5.78 Å². The van der Waals surface area contributed by atoms with Crippen molar-refractivity contribution in [3.8, 4) is 0 Å². The molecule has 0 heterocycles. The van der Waals surface area contributed by atoms with Crippen molar-refractivity contribution in [2.45, 2.75) is 19.6 Å². The zero-order valence-corrected chi connectivity index (χ0v) is 11.8. The van der Waals surface area contributed by atoms with Crippen LogP contribution in [-0.4, -0.2) is 54.8 Å². The number of rotatable bonds is 6. The molecule has 0 aromatic rings. The van der Waals surface area contributed by atoms with Crippen LogP contribution in [0.2, 0.25) is 0 Å². The van der Waals surface area contributed by atoms with Gasteiger partial charge in [0, 0.05) is 6.16 Å². The molecule has 0 aliphatic carbocycles. The summed E-state index contributed by atoms with van der Waals surface area (Å²) in [5.41, 5.74) is -0.0841. The van der Waals surface area contributed by atoms with Gasteiger partial charge >= 0.3 is 0 Å². The molecule has 2 unspecified atom stereocenters. The Balaban J connectivity index is 5.48. The third-order valence-electron chi connectivity index (χ3n) is 2.72. The van der Waals surface area contributed by atoms with Gasteiger partial charge < -0.3 is 14.2 Å². The summed E-state index contributed by atoms with van der Waals surface area (Å²) in [5.74, 6) is -0.554. The Kier molecular flexibility index (Phi) is 5.12. The molecule has 16 heavy (non-hydrogen) atoms. The summed E-state index contributed by atoms with van der Waals surface area (Å²) in [7, 11) is 2.39. The molecule has 0 spiro atoms. The molecular weight excluding hydrogens is 225 g/mol. The van der Waals surface area contributed by atoms with Crippen LogP contribution in [0.5, 0.6) is 0 Å². The van der Waals surface area contributed by atoms with Gasteiger partial charge in [0.2, 0.25) is 12.7 Å². The lowest BCUT2D eigenvalue weighted by atomic mass is 10.4. The Morgan fingerprint density at radius 3 is 2.06 bits per heavy atom. The first-order chi connectivity index (χ1) is 7.11. The Morgan fingerprint density at radius 1 is 1.44 bits per heavy atom. The average Bonchev–Trinajstić information content (AvgIpc) is 2.14. The van der Waals surface area contributed by atoms with Crippen LogP contribution in [0, 0.1) is 0 Å². The first kappa shape index (κ1) is 15.6. The molecular formula is C11H23NO3P+. The van der Waals surface area contributed by atoms with E-state index < -0.39 is 12.9 Å². The van der Waals surface area contributed by atoms with Crippen LogP contribution in [0.25, 0.3) is 0 Å². The van der Waals surface area contributed by atoms with E-state index in [-0.39, 0.29) is 18.3 Å². The third kappa shape index (κ3) is 3.03. The summed E-state index contributed by atoms with van der Waals surface area (Å²) in [4.78, 5) is 12.0. The molecule has 0 aliphatic rings. The lowest BCUT2D eigenvalue weighted by Gasteiger charge is -2.36. The van der Waals surface area contributed by atoms with E-state index in [4.69, 9.17) is 0 Å². The Labute approximate surface area is 97.9 Å². The van der Waals surface area contributed by atoms with Crippen LogP contribution in [-0.2, 0) is 9.36 Å². The van der Waals surface area contributed by atoms with Gasteiger partial charge in [-0.05, 0) is 12.5 Å². The summed E-state index contributed by atoms with van der Waals surface area (Å²) in [6, 6.07) is 0. The maximum atomic E-state index is 12.7. The van der Waals surface area contributed by atoms with Gasteiger partial charge in [-0.1, -0.05) is 13.5 Å². The largest absolute Gasteiger partial charge is 0.390 e. The monoisotopic (exact) mass is 248 g/mol. The molecule has 0 fully saturated rings. The van der Waals surface area contributed by atoms with Crippen molar-refractivity contribution in [3.05, 3.63) is 12.2 Å². The fraction of sp³-hybridized carbons (Fsp3) is 0.727. The number of hydrogen-bond donors (Lipinski definition) is 1. The second kappa shape index (κ2) is 5.26. The molecule has 0 aliphatic heterocycles. The van der Waals surface area contributed by atoms with Crippen LogP contribution < -0.4 is 0 Å². The quantitative estimate of drug-likeness (QED) is 0.440. The van der Waals surface area contributed by atoms with E-state index in [2.05, 4.69) is 6.58 Å². The molecule has 2 atom stereocenters. The molecule has 1 N–H and O–H groups in total. The molecule has 5 heteroatoms. The van der Waals surface area contributed by atoms with E-state index >= 15 is 0 Å². The van der Waals surface area contributed by atoms with Gasteiger partial charge in [-0.2, -0.15) is 0 Å². The number of quaternary nitrogens is 1. The highest BCUT2D eigenvalue weighted by Crippen LogP contribution is 2.54. The van der Waals surface area contributed by atoms with Crippen molar-refractivity contribution in [1.29, 1.82) is 0 Å². The highest BCUT2D eigenvalue weighted by molar-refractivity contribution is 7.81. The van der Waals surface area contributed by atoms with Crippen molar-refractivity contribution in [2.75, 3.05) is 33.9 Å².